The second-order valence-corrected chi connectivity index (χ2v) is 12.3. The van der Waals surface area contributed by atoms with Crippen molar-refractivity contribution in [2.24, 2.45) is 11.3 Å². The van der Waals surface area contributed by atoms with Crippen LogP contribution in [0.25, 0.3) is 5.57 Å². The number of carbonyl (C=O) groups is 1. The Morgan fingerprint density at radius 1 is 1.26 bits per heavy atom. The topological polar surface area (TPSA) is 84.9 Å². The maximum absolute atomic E-state index is 12.6. The quantitative estimate of drug-likeness (QED) is 0.456. The van der Waals surface area contributed by atoms with Gasteiger partial charge in [0.2, 0.25) is 15.9 Å². The van der Waals surface area contributed by atoms with Gasteiger partial charge in [-0.1, -0.05) is 31.6 Å². The summed E-state index contributed by atoms with van der Waals surface area (Å²) in [6, 6.07) is 6.27. The van der Waals surface area contributed by atoms with Crippen LogP contribution in [-0.4, -0.2) is 52.2 Å². The first-order valence-electron chi connectivity index (χ1n) is 13.8. The predicted molar refractivity (Wildman–Crippen MR) is 153 cm³/mol. The van der Waals surface area contributed by atoms with Crippen LogP contribution in [0, 0.1) is 11.3 Å². The Bertz CT molecular complexity index is 1210. The third-order valence-corrected chi connectivity index (χ3v) is 8.24. The first-order chi connectivity index (χ1) is 18.6. The summed E-state index contributed by atoms with van der Waals surface area (Å²) in [6.07, 6.45) is 10.2. The molecule has 1 aliphatic carbocycles. The van der Waals surface area contributed by atoms with Gasteiger partial charge in [-0.05, 0) is 74.8 Å². The lowest BCUT2D eigenvalue weighted by Gasteiger charge is -2.33. The van der Waals surface area contributed by atoms with E-state index in [1.807, 2.05) is 19.9 Å². The van der Waals surface area contributed by atoms with Gasteiger partial charge in [-0.15, -0.1) is 0 Å². The van der Waals surface area contributed by atoms with Crippen molar-refractivity contribution in [1.82, 2.24) is 9.62 Å². The minimum atomic E-state index is -3.54. The van der Waals surface area contributed by atoms with E-state index >= 15 is 0 Å². The van der Waals surface area contributed by atoms with Crippen molar-refractivity contribution in [1.29, 1.82) is 0 Å². The molecule has 0 aromatic heterocycles. The van der Waals surface area contributed by atoms with Gasteiger partial charge in [0.1, 0.15) is 12.4 Å². The Hall–Kier alpha value is -2.65. The van der Waals surface area contributed by atoms with Gasteiger partial charge in [0.25, 0.3) is 0 Å². The number of nitrogens with zero attached hydrogens (tertiary/aromatic N) is 1. The zero-order valence-electron chi connectivity index (χ0n) is 23.9. The van der Waals surface area contributed by atoms with Crippen LogP contribution in [-0.2, 0) is 26.2 Å². The summed E-state index contributed by atoms with van der Waals surface area (Å²) in [6.45, 7) is 9.00. The molecule has 2 aliphatic heterocycles. The van der Waals surface area contributed by atoms with Crippen molar-refractivity contribution >= 4 is 21.5 Å². The molecular weight excluding hydrogens is 519 g/mol. The highest BCUT2D eigenvalue weighted by Gasteiger charge is 2.51. The summed E-state index contributed by atoms with van der Waals surface area (Å²) in [5, 5.41) is 0. The van der Waals surface area contributed by atoms with Crippen LogP contribution in [0.2, 0.25) is 0 Å². The van der Waals surface area contributed by atoms with Crippen LogP contribution in [0.4, 0.5) is 4.39 Å². The van der Waals surface area contributed by atoms with Crippen molar-refractivity contribution in [3.05, 3.63) is 59.1 Å². The van der Waals surface area contributed by atoms with Gasteiger partial charge < -0.3 is 14.4 Å². The third-order valence-electron chi connectivity index (χ3n) is 7.69. The molecule has 7 nitrogen and oxygen atoms in total. The molecule has 1 unspecified atom stereocenters. The molecule has 0 bridgehead atoms. The Morgan fingerprint density at radius 3 is 2.44 bits per heavy atom. The molecule has 2 heterocycles. The number of nitrogens with one attached hydrogen (secondary N) is 1. The van der Waals surface area contributed by atoms with E-state index in [1.165, 1.54) is 22.8 Å². The number of hydrogen-bond donors (Lipinski definition) is 1. The number of amides is 1. The summed E-state index contributed by atoms with van der Waals surface area (Å²) in [7, 11) is -1.85. The molecular formula is C30H43FN2O5S. The summed E-state index contributed by atoms with van der Waals surface area (Å²) in [4.78, 5) is 14.9. The Kier molecular flexibility index (Phi) is 10.8. The van der Waals surface area contributed by atoms with E-state index in [2.05, 4.69) is 34.8 Å². The molecule has 1 atom stereocenters. The lowest BCUT2D eigenvalue weighted by atomic mass is 9.81. The Labute approximate surface area is 233 Å². The van der Waals surface area contributed by atoms with E-state index < -0.39 is 15.4 Å². The van der Waals surface area contributed by atoms with Crippen molar-refractivity contribution < 1.29 is 27.1 Å². The molecule has 1 aromatic rings. The van der Waals surface area contributed by atoms with Gasteiger partial charge in [-0.2, -0.15) is 0 Å². The SMILES string of the molecule is C/C=C1/OCc2cc(OC)ccc2C(=C2CCN(CC3(C(=O)NS(C)(=O)=O)CC3)CC2)C1CC.CC/C=C/F. The molecule has 4 rings (SSSR count). The maximum atomic E-state index is 12.6. The molecule has 0 radical (unpaired) electrons. The zero-order valence-corrected chi connectivity index (χ0v) is 24.7. The van der Waals surface area contributed by atoms with E-state index in [0.717, 1.165) is 74.9 Å². The number of sulfonamides is 1. The van der Waals surface area contributed by atoms with E-state index in [9.17, 15) is 17.6 Å². The summed E-state index contributed by atoms with van der Waals surface area (Å²) < 4.78 is 47.8. The molecule has 2 fully saturated rings. The number of methoxy groups -OCH3 is 1. The molecule has 1 aromatic carbocycles. The molecule has 1 amide bonds. The van der Waals surface area contributed by atoms with E-state index in [1.54, 1.807) is 7.11 Å². The number of allylic oxidation sites excluding steroid dienone is 3. The lowest BCUT2D eigenvalue weighted by molar-refractivity contribution is -0.125. The molecule has 1 N–H and O–H groups in total. The minimum absolute atomic E-state index is 0.219. The molecule has 1 saturated heterocycles. The normalized spacial score (nSPS) is 21.9. The monoisotopic (exact) mass is 562 g/mol. The second-order valence-electron chi connectivity index (χ2n) is 10.5. The summed E-state index contributed by atoms with van der Waals surface area (Å²) in [5.41, 5.74) is 4.66. The number of carbonyl (C=O) groups excluding carboxylic acids is 1. The fraction of sp³-hybridized carbons (Fsp3) is 0.567. The van der Waals surface area contributed by atoms with Gasteiger partial charge in [0, 0.05) is 31.1 Å². The van der Waals surface area contributed by atoms with E-state index in [-0.39, 0.29) is 11.8 Å². The van der Waals surface area contributed by atoms with Gasteiger partial charge in [-0.25, -0.2) is 12.8 Å². The highest BCUT2D eigenvalue weighted by molar-refractivity contribution is 7.89. The van der Waals surface area contributed by atoms with Crippen LogP contribution in [0.3, 0.4) is 0 Å². The van der Waals surface area contributed by atoms with Crippen LogP contribution in [0.5, 0.6) is 5.75 Å². The number of piperidine rings is 1. The number of halogens is 1. The minimum Gasteiger partial charge on any atom is -0.497 e. The zero-order chi connectivity index (χ0) is 28.6. The number of likely N-dealkylation sites (tertiary alicyclic amines) is 1. The molecule has 3 aliphatic rings. The molecule has 39 heavy (non-hydrogen) atoms. The smallest absolute Gasteiger partial charge is 0.240 e. The number of rotatable bonds is 7. The molecule has 216 valence electrons. The maximum Gasteiger partial charge on any atom is 0.240 e. The molecule has 1 saturated carbocycles. The van der Waals surface area contributed by atoms with Crippen molar-refractivity contribution in [3.8, 4) is 5.75 Å². The summed E-state index contributed by atoms with van der Waals surface area (Å²) in [5.74, 6) is 1.72. The fourth-order valence-corrected chi connectivity index (χ4v) is 6.00. The lowest BCUT2D eigenvalue weighted by Crippen LogP contribution is -2.44. The van der Waals surface area contributed by atoms with Crippen LogP contribution >= 0.6 is 0 Å². The van der Waals surface area contributed by atoms with Crippen molar-refractivity contribution in [2.45, 2.75) is 65.9 Å². The number of ether oxygens (including phenoxy) is 2. The van der Waals surface area contributed by atoms with Crippen LogP contribution < -0.4 is 9.46 Å². The average Bonchev–Trinajstić information content (AvgIpc) is 3.71. The fourth-order valence-electron chi connectivity index (χ4n) is 5.45. The van der Waals surface area contributed by atoms with Crippen molar-refractivity contribution in [3.63, 3.8) is 0 Å². The first kappa shape index (κ1) is 30.9. The third kappa shape index (κ3) is 7.94. The molecule has 9 heteroatoms. The second kappa shape index (κ2) is 13.6. The van der Waals surface area contributed by atoms with E-state index in [4.69, 9.17) is 9.47 Å². The van der Waals surface area contributed by atoms with E-state index in [0.29, 0.717) is 19.5 Å². The molecule has 0 spiro atoms. The number of benzene rings is 1. The highest BCUT2D eigenvalue weighted by atomic mass is 32.2. The standard InChI is InChI=1S/C26H36N2O5S.C4H7F/c1-5-21-23(6-2)33-16-19-15-20(32-3)7-8-22(19)24(21)18-9-13-28(14-10-18)17-26(11-12-26)25(29)27-34(4,30)31;1-2-3-4-5/h6-8,15,21H,5,9-14,16-17H2,1-4H3,(H,27,29);3-4H,2H2,1H3/b23-6+;4-3+. The highest BCUT2D eigenvalue weighted by Crippen LogP contribution is 2.48. The number of hydrogen-bond acceptors (Lipinski definition) is 6. The van der Waals surface area contributed by atoms with Gasteiger partial charge in [0.05, 0.1) is 30.9 Å². The predicted octanol–water partition coefficient (Wildman–Crippen LogP) is 5.74. The Balaban J connectivity index is 0.000000771. The Morgan fingerprint density at radius 2 is 1.95 bits per heavy atom. The van der Waals surface area contributed by atoms with Crippen LogP contribution in [0.1, 0.15) is 70.4 Å². The van der Waals surface area contributed by atoms with Crippen LogP contribution in [0.15, 0.2) is 48.0 Å². The average molecular weight is 563 g/mol. The largest absolute Gasteiger partial charge is 0.497 e. The van der Waals surface area contributed by atoms with Gasteiger partial charge in [-0.3, -0.25) is 9.52 Å². The first-order valence-corrected chi connectivity index (χ1v) is 15.7. The number of fused-ring (bicyclic) bond motifs is 1. The van der Waals surface area contributed by atoms with Crippen molar-refractivity contribution in [2.75, 3.05) is 33.0 Å². The summed E-state index contributed by atoms with van der Waals surface area (Å²) >= 11 is 0. The van der Waals surface area contributed by atoms with Gasteiger partial charge in [0.15, 0.2) is 0 Å². The van der Waals surface area contributed by atoms with Gasteiger partial charge >= 0.3 is 0 Å².